The molecule has 2 aromatic rings. The SMILES string of the molecule is COc1cc(N2CC(C(=O)N3CCN(c4ccccn4)CC3)CC2=O)cc(OC)c1OC. The van der Waals surface area contributed by atoms with E-state index in [1.54, 1.807) is 23.2 Å². The van der Waals surface area contributed by atoms with E-state index >= 15 is 0 Å². The summed E-state index contributed by atoms with van der Waals surface area (Å²) in [4.78, 5) is 36.0. The summed E-state index contributed by atoms with van der Waals surface area (Å²) in [5, 5.41) is 0. The molecule has 1 atom stereocenters. The summed E-state index contributed by atoms with van der Waals surface area (Å²) in [6.07, 6.45) is 1.96. The van der Waals surface area contributed by atoms with E-state index in [0.29, 0.717) is 42.6 Å². The van der Waals surface area contributed by atoms with Crippen LogP contribution in [0.2, 0.25) is 0 Å². The summed E-state index contributed by atoms with van der Waals surface area (Å²) < 4.78 is 16.2. The minimum absolute atomic E-state index is 0.0222. The van der Waals surface area contributed by atoms with Crippen molar-refractivity contribution >= 4 is 23.3 Å². The third-order valence-electron chi connectivity index (χ3n) is 6.00. The number of carbonyl (C=O) groups is 2. The largest absolute Gasteiger partial charge is 0.493 e. The molecule has 2 saturated heterocycles. The minimum Gasteiger partial charge on any atom is -0.493 e. The van der Waals surface area contributed by atoms with E-state index in [1.165, 1.54) is 21.3 Å². The van der Waals surface area contributed by atoms with Gasteiger partial charge in [0.1, 0.15) is 5.82 Å². The molecule has 0 radical (unpaired) electrons. The highest BCUT2D eigenvalue weighted by Crippen LogP contribution is 2.42. The summed E-state index contributed by atoms with van der Waals surface area (Å²) >= 11 is 0. The van der Waals surface area contributed by atoms with Gasteiger partial charge in [0.25, 0.3) is 0 Å². The van der Waals surface area contributed by atoms with Gasteiger partial charge in [0.15, 0.2) is 11.5 Å². The van der Waals surface area contributed by atoms with Crippen LogP contribution in [0.1, 0.15) is 6.42 Å². The Morgan fingerprint density at radius 3 is 2.25 bits per heavy atom. The third kappa shape index (κ3) is 4.15. The number of nitrogens with zero attached hydrogens (tertiary/aromatic N) is 4. The number of methoxy groups -OCH3 is 3. The maximum Gasteiger partial charge on any atom is 0.228 e. The van der Waals surface area contributed by atoms with E-state index in [9.17, 15) is 9.59 Å². The zero-order chi connectivity index (χ0) is 22.7. The van der Waals surface area contributed by atoms with Crippen molar-refractivity contribution in [3.63, 3.8) is 0 Å². The van der Waals surface area contributed by atoms with E-state index in [0.717, 1.165) is 18.9 Å². The smallest absolute Gasteiger partial charge is 0.228 e. The normalized spacial score (nSPS) is 18.7. The number of ether oxygens (including phenoxy) is 3. The van der Waals surface area contributed by atoms with Crippen LogP contribution in [0.15, 0.2) is 36.5 Å². The van der Waals surface area contributed by atoms with Gasteiger partial charge in [-0.2, -0.15) is 0 Å². The van der Waals surface area contributed by atoms with Crippen LogP contribution < -0.4 is 24.0 Å². The van der Waals surface area contributed by atoms with Gasteiger partial charge in [0.2, 0.25) is 17.6 Å². The fourth-order valence-electron chi connectivity index (χ4n) is 4.30. The molecule has 3 heterocycles. The van der Waals surface area contributed by atoms with Crippen molar-refractivity contribution in [1.82, 2.24) is 9.88 Å². The molecule has 2 amide bonds. The van der Waals surface area contributed by atoms with Gasteiger partial charge in [-0.15, -0.1) is 0 Å². The van der Waals surface area contributed by atoms with Gasteiger partial charge in [-0.1, -0.05) is 6.07 Å². The van der Waals surface area contributed by atoms with Gasteiger partial charge in [-0.3, -0.25) is 9.59 Å². The zero-order valence-corrected chi connectivity index (χ0v) is 18.6. The number of aromatic nitrogens is 1. The maximum absolute atomic E-state index is 13.2. The molecular formula is C23H28N4O5. The van der Waals surface area contributed by atoms with Gasteiger partial charge < -0.3 is 28.9 Å². The number of piperazine rings is 1. The van der Waals surface area contributed by atoms with Crippen molar-refractivity contribution in [2.75, 3.05) is 63.9 Å². The first-order chi connectivity index (χ1) is 15.5. The first-order valence-electron chi connectivity index (χ1n) is 10.6. The Morgan fingerprint density at radius 2 is 1.69 bits per heavy atom. The van der Waals surface area contributed by atoms with E-state index in [4.69, 9.17) is 14.2 Å². The molecule has 0 bridgehead atoms. The molecule has 0 aliphatic carbocycles. The molecule has 1 aromatic heterocycles. The van der Waals surface area contributed by atoms with Gasteiger partial charge in [0.05, 0.1) is 32.9 Å². The molecule has 170 valence electrons. The molecule has 1 unspecified atom stereocenters. The van der Waals surface area contributed by atoms with Crippen molar-refractivity contribution in [3.05, 3.63) is 36.5 Å². The van der Waals surface area contributed by atoms with Crippen molar-refractivity contribution in [2.45, 2.75) is 6.42 Å². The highest BCUT2D eigenvalue weighted by Gasteiger charge is 2.38. The van der Waals surface area contributed by atoms with Crippen LogP contribution in [-0.2, 0) is 9.59 Å². The lowest BCUT2D eigenvalue weighted by molar-refractivity contribution is -0.136. The Bertz CT molecular complexity index is 951. The highest BCUT2D eigenvalue weighted by molar-refractivity contribution is 6.00. The number of anilines is 2. The van der Waals surface area contributed by atoms with Crippen LogP contribution in [-0.4, -0.2) is 75.8 Å². The van der Waals surface area contributed by atoms with Gasteiger partial charge >= 0.3 is 0 Å². The number of hydrogen-bond acceptors (Lipinski definition) is 7. The average molecular weight is 441 g/mol. The molecule has 2 fully saturated rings. The Kier molecular flexibility index (Phi) is 6.34. The van der Waals surface area contributed by atoms with Gasteiger partial charge in [-0.05, 0) is 12.1 Å². The van der Waals surface area contributed by atoms with Crippen molar-refractivity contribution in [1.29, 1.82) is 0 Å². The Labute approximate surface area is 187 Å². The van der Waals surface area contributed by atoms with Crippen LogP contribution in [0, 0.1) is 5.92 Å². The Balaban J connectivity index is 1.43. The fraction of sp³-hybridized carbons (Fsp3) is 0.435. The lowest BCUT2D eigenvalue weighted by Gasteiger charge is -2.36. The molecule has 32 heavy (non-hydrogen) atoms. The number of rotatable bonds is 6. The van der Waals surface area contributed by atoms with E-state index in [2.05, 4.69) is 9.88 Å². The first kappa shape index (κ1) is 21.7. The van der Waals surface area contributed by atoms with Crippen LogP contribution in [0.4, 0.5) is 11.5 Å². The van der Waals surface area contributed by atoms with E-state index in [1.807, 2.05) is 23.1 Å². The average Bonchev–Trinajstić information content (AvgIpc) is 3.24. The van der Waals surface area contributed by atoms with E-state index < -0.39 is 0 Å². The number of benzene rings is 1. The summed E-state index contributed by atoms with van der Waals surface area (Å²) in [5.41, 5.74) is 0.625. The maximum atomic E-state index is 13.2. The zero-order valence-electron chi connectivity index (χ0n) is 18.6. The second kappa shape index (κ2) is 9.33. The molecule has 2 aliphatic heterocycles. The van der Waals surface area contributed by atoms with Gasteiger partial charge in [0, 0.05) is 57.5 Å². The van der Waals surface area contributed by atoms with E-state index in [-0.39, 0.29) is 24.2 Å². The monoisotopic (exact) mass is 440 g/mol. The number of amides is 2. The number of pyridine rings is 1. The van der Waals surface area contributed by atoms with Crippen molar-refractivity contribution < 1.29 is 23.8 Å². The molecule has 0 spiro atoms. The van der Waals surface area contributed by atoms with Crippen molar-refractivity contribution in [2.24, 2.45) is 5.92 Å². The second-order valence-corrected chi connectivity index (χ2v) is 7.79. The third-order valence-corrected chi connectivity index (χ3v) is 6.00. The Morgan fingerprint density at radius 1 is 1.00 bits per heavy atom. The standard InChI is InChI=1S/C23H28N4O5/c1-30-18-13-17(14-19(31-2)22(18)32-3)27-15-16(12-21(27)28)23(29)26-10-8-25(9-11-26)20-6-4-5-7-24-20/h4-7,13-14,16H,8-12,15H2,1-3H3. The number of carbonyl (C=O) groups excluding carboxylic acids is 2. The summed E-state index contributed by atoms with van der Waals surface area (Å²) in [6, 6.07) is 9.29. The summed E-state index contributed by atoms with van der Waals surface area (Å²) in [7, 11) is 4.59. The Hall–Kier alpha value is -3.49. The van der Waals surface area contributed by atoms with Crippen LogP contribution in [0.5, 0.6) is 17.2 Å². The molecule has 0 saturated carbocycles. The van der Waals surface area contributed by atoms with Crippen LogP contribution >= 0.6 is 0 Å². The van der Waals surface area contributed by atoms with Crippen LogP contribution in [0.3, 0.4) is 0 Å². The summed E-state index contributed by atoms with van der Waals surface area (Å²) in [5.74, 6) is 1.87. The van der Waals surface area contributed by atoms with Crippen LogP contribution in [0.25, 0.3) is 0 Å². The predicted molar refractivity (Wildman–Crippen MR) is 120 cm³/mol. The van der Waals surface area contributed by atoms with Gasteiger partial charge in [-0.25, -0.2) is 4.98 Å². The molecular weight excluding hydrogens is 412 g/mol. The number of hydrogen-bond donors (Lipinski definition) is 0. The second-order valence-electron chi connectivity index (χ2n) is 7.79. The molecule has 9 heteroatoms. The predicted octanol–water partition coefficient (Wildman–Crippen LogP) is 1.81. The quantitative estimate of drug-likeness (QED) is 0.677. The highest BCUT2D eigenvalue weighted by atomic mass is 16.5. The molecule has 4 rings (SSSR count). The molecule has 0 N–H and O–H groups in total. The first-order valence-corrected chi connectivity index (χ1v) is 10.6. The molecule has 1 aromatic carbocycles. The summed E-state index contributed by atoms with van der Waals surface area (Å²) in [6.45, 7) is 3.01. The van der Waals surface area contributed by atoms with Crippen molar-refractivity contribution in [3.8, 4) is 17.2 Å². The lowest BCUT2D eigenvalue weighted by Crippen LogP contribution is -2.51. The molecule has 9 nitrogen and oxygen atoms in total. The topological polar surface area (TPSA) is 84.4 Å². The minimum atomic E-state index is -0.372. The molecule has 2 aliphatic rings. The fourth-order valence-corrected chi connectivity index (χ4v) is 4.30. The lowest BCUT2D eigenvalue weighted by atomic mass is 10.1.